The molecule has 0 aliphatic carbocycles. The van der Waals surface area contributed by atoms with E-state index >= 15 is 0 Å². The molecule has 7 saturated heterocycles. The lowest BCUT2D eigenvalue weighted by atomic mass is 10.2. The zero-order valence-electron chi connectivity index (χ0n) is 7.47. The quantitative estimate of drug-likeness (QED) is 0.564. The number of piperazine rings is 1. The maximum atomic E-state index is 11.5. The Hall–Kier alpha value is 0.140. The lowest BCUT2D eigenvalue weighted by molar-refractivity contribution is -0.479. The van der Waals surface area contributed by atoms with Crippen LogP contribution in [-0.2, 0) is 36.5 Å². The van der Waals surface area contributed by atoms with Crippen molar-refractivity contribution in [3.8, 4) is 0 Å². The maximum absolute atomic E-state index is 11.5. The monoisotopic (exact) mass is 270 g/mol. The van der Waals surface area contributed by atoms with E-state index in [0.717, 1.165) is 0 Å². The first-order valence-electron chi connectivity index (χ1n) is 4.47. The second-order valence-electron chi connectivity index (χ2n) is 3.79. The van der Waals surface area contributed by atoms with Gasteiger partial charge in [0.05, 0.1) is 0 Å². The summed E-state index contributed by atoms with van der Waals surface area (Å²) < 4.78 is 53.3. The highest BCUT2D eigenvalue weighted by Gasteiger charge is 2.93. The van der Waals surface area contributed by atoms with E-state index < -0.39 is 27.5 Å². The summed E-state index contributed by atoms with van der Waals surface area (Å²) in [5.74, 6) is -3.18. The molecule has 12 heteroatoms. The summed E-state index contributed by atoms with van der Waals surface area (Å²) in [6.45, 7) is 0.608. The molecule has 2 spiro atoms. The molecule has 16 heavy (non-hydrogen) atoms. The van der Waals surface area contributed by atoms with Gasteiger partial charge in [0, 0.05) is 13.1 Å². The van der Waals surface area contributed by atoms with Crippen LogP contribution in [0.2, 0.25) is 0 Å². The average molecular weight is 270 g/mol. The van der Waals surface area contributed by atoms with Crippen molar-refractivity contribution >= 4 is 15.6 Å². The van der Waals surface area contributed by atoms with Gasteiger partial charge in [-0.05, 0) is 0 Å². The summed E-state index contributed by atoms with van der Waals surface area (Å²) in [4.78, 5) is 0. The maximum Gasteiger partial charge on any atom is 0.499 e. The number of nitrogens with zero attached hydrogens (tertiary/aromatic N) is 2. The molecule has 0 unspecified atom stereocenters. The van der Waals surface area contributed by atoms with Crippen LogP contribution in [0.3, 0.4) is 0 Å². The van der Waals surface area contributed by atoms with Gasteiger partial charge in [-0.1, -0.05) is 0 Å². The fourth-order valence-electron chi connectivity index (χ4n) is 2.32. The molecule has 0 aromatic heterocycles. The topological polar surface area (TPSA) is 96.0 Å². The van der Waals surface area contributed by atoms with Crippen molar-refractivity contribution in [3.05, 3.63) is 0 Å². The molecule has 7 aliphatic rings. The highest BCUT2D eigenvalue weighted by atomic mass is 31.2. The summed E-state index contributed by atoms with van der Waals surface area (Å²) in [5.41, 5.74) is 0. The molecule has 7 heterocycles. The molecule has 0 amide bonds. The van der Waals surface area contributed by atoms with Crippen molar-refractivity contribution in [1.82, 2.24) is 10.1 Å². The highest BCUT2D eigenvalue weighted by Crippen LogP contribution is 2.86. The van der Waals surface area contributed by atoms with Crippen LogP contribution in [0.5, 0.6) is 0 Å². The van der Waals surface area contributed by atoms with Gasteiger partial charge in [0.15, 0.2) is 0 Å². The number of hydrogen-bond donors (Lipinski definition) is 0. The minimum atomic E-state index is -3.51. The van der Waals surface area contributed by atoms with E-state index in [-0.39, 0.29) is 0 Å². The van der Waals surface area contributed by atoms with Crippen molar-refractivity contribution in [1.29, 1.82) is 0 Å². The number of phosphoric ester groups is 2. The zero-order valence-corrected chi connectivity index (χ0v) is 9.26. The van der Waals surface area contributed by atoms with Gasteiger partial charge in [0.2, 0.25) is 0 Å². The molecule has 0 radical (unpaired) electrons. The largest absolute Gasteiger partial charge is 0.499 e. The molecule has 7 aliphatic heterocycles. The van der Waals surface area contributed by atoms with Crippen LogP contribution in [0.15, 0.2) is 0 Å². The Balaban J connectivity index is 1.69. The molecular formula is C4H4N2O8P2. The van der Waals surface area contributed by atoms with Gasteiger partial charge in [-0.3, -0.25) is 0 Å². The Bertz CT molecular complexity index is 454. The van der Waals surface area contributed by atoms with Gasteiger partial charge in [-0.15, -0.1) is 10.1 Å². The SMILES string of the molecule is O=P12ON3CCN4OP5(=O)OC4(O5)C3(O1)O2. The molecule has 0 N–H and O–H groups in total. The Morgan fingerprint density at radius 1 is 0.812 bits per heavy atom. The summed E-state index contributed by atoms with van der Waals surface area (Å²) >= 11 is 0. The van der Waals surface area contributed by atoms with Crippen LogP contribution in [0, 0.1) is 0 Å². The standard InChI is InChI=1S/C4H4N2O8P2/c7-15-9-3(10-15)4-6(2-1-5(3)13-15)14-16(8,11-4)12-4/h1-2H2. The first kappa shape index (κ1) is 9.12. The van der Waals surface area contributed by atoms with E-state index in [1.807, 2.05) is 0 Å². The number of rotatable bonds is 0. The smallest absolute Gasteiger partial charge is 0.228 e. The Kier molecular flexibility index (Phi) is 1.19. The third-order valence-electron chi connectivity index (χ3n) is 2.90. The van der Waals surface area contributed by atoms with E-state index in [2.05, 4.69) is 0 Å². The van der Waals surface area contributed by atoms with E-state index in [4.69, 9.17) is 27.3 Å². The summed E-state index contributed by atoms with van der Waals surface area (Å²) in [6, 6.07) is 0. The van der Waals surface area contributed by atoms with Crippen molar-refractivity contribution in [2.45, 2.75) is 11.8 Å². The van der Waals surface area contributed by atoms with Gasteiger partial charge in [0.25, 0.3) is 0 Å². The molecule has 10 nitrogen and oxygen atoms in total. The van der Waals surface area contributed by atoms with Crippen LogP contribution in [0.1, 0.15) is 0 Å². The van der Waals surface area contributed by atoms with Crippen molar-refractivity contribution < 1.29 is 36.5 Å². The van der Waals surface area contributed by atoms with Crippen LogP contribution < -0.4 is 0 Å². The average Bonchev–Trinajstić information content (AvgIpc) is 2.70. The number of phosphoric acid groups is 2. The molecule has 7 rings (SSSR count). The van der Waals surface area contributed by atoms with Gasteiger partial charge < -0.3 is 0 Å². The van der Waals surface area contributed by atoms with Crippen LogP contribution in [0.4, 0.5) is 0 Å². The minimum Gasteiger partial charge on any atom is -0.228 e. The fraction of sp³-hybridized carbons (Fsp3) is 1.00. The summed E-state index contributed by atoms with van der Waals surface area (Å²) in [5, 5.41) is 2.45. The first-order chi connectivity index (χ1) is 7.50. The number of hydrogen-bond acceptors (Lipinski definition) is 10. The predicted molar refractivity (Wildman–Crippen MR) is 40.6 cm³/mol. The molecule has 0 atom stereocenters. The predicted octanol–water partition coefficient (Wildman–Crippen LogP) is 0.112. The Morgan fingerprint density at radius 2 is 1.19 bits per heavy atom. The molecule has 0 aromatic rings. The second-order valence-corrected chi connectivity index (χ2v) is 6.64. The van der Waals surface area contributed by atoms with E-state index in [1.54, 1.807) is 0 Å². The van der Waals surface area contributed by atoms with Crippen molar-refractivity contribution in [2.75, 3.05) is 13.1 Å². The molecule has 7 fully saturated rings. The Labute approximate surface area is 88.0 Å². The van der Waals surface area contributed by atoms with Gasteiger partial charge in [-0.2, -0.15) is 9.25 Å². The molecule has 4 bridgehead atoms. The normalized spacial score (nSPS) is 67.0. The first-order valence-corrected chi connectivity index (χ1v) is 7.39. The third kappa shape index (κ3) is 0.675. The van der Waals surface area contributed by atoms with Gasteiger partial charge in [0.1, 0.15) is 0 Å². The summed E-state index contributed by atoms with van der Waals surface area (Å²) in [7, 11) is -7.02. The second kappa shape index (κ2) is 2.08. The Morgan fingerprint density at radius 3 is 1.56 bits per heavy atom. The van der Waals surface area contributed by atoms with Gasteiger partial charge >= 0.3 is 27.5 Å². The van der Waals surface area contributed by atoms with Crippen LogP contribution in [0.25, 0.3) is 0 Å². The molecule has 0 saturated carbocycles. The third-order valence-corrected chi connectivity index (χ3v) is 5.58. The van der Waals surface area contributed by atoms with Crippen molar-refractivity contribution in [3.63, 3.8) is 0 Å². The molecular weight excluding hydrogens is 266 g/mol. The fourth-order valence-corrected chi connectivity index (χ4v) is 5.38. The van der Waals surface area contributed by atoms with Gasteiger partial charge in [-0.25, -0.2) is 27.2 Å². The number of hydroxylamine groups is 4. The van der Waals surface area contributed by atoms with E-state index in [1.165, 1.54) is 10.1 Å². The van der Waals surface area contributed by atoms with Crippen LogP contribution in [-0.4, -0.2) is 35.0 Å². The highest BCUT2D eigenvalue weighted by molar-refractivity contribution is 7.50. The van der Waals surface area contributed by atoms with E-state index in [9.17, 15) is 9.13 Å². The summed E-state index contributed by atoms with van der Waals surface area (Å²) in [6.07, 6.45) is 0. The minimum absolute atomic E-state index is 0.304. The molecule has 88 valence electrons. The van der Waals surface area contributed by atoms with Crippen LogP contribution >= 0.6 is 15.6 Å². The van der Waals surface area contributed by atoms with E-state index in [0.29, 0.717) is 13.1 Å². The molecule has 0 aromatic carbocycles. The van der Waals surface area contributed by atoms with Crippen molar-refractivity contribution in [2.24, 2.45) is 0 Å². The zero-order chi connectivity index (χ0) is 10.8. The lowest BCUT2D eigenvalue weighted by Crippen LogP contribution is -2.76. The lowest BCUT2D eigenvalue weighted by Gasteiger charge is -2.51.